The molecule has 3 aromatic rings. The standard InChI is InChI=1S/C23H27N3O5/c1-17-15-29-11-9-25(17)8-3-10-30-20-4-6-21(7-5-20)31-22-13-18(23(27)28-2)12-19-14-24-16-26(19)22/h4-7,12-14,16-17H,3,8-11,15H2,1-2H3. The number of ether oxygens (including phenoxy) is 4. The summed E-state index contributed by atoms with van der Waals surface area (Å²) in [6.07, 6.45) is 4.26. The summed E-state index contributed by atoms with van der Waals surface area (Å²) in [5, 5.41) is 0. The van der Waals surface area contributed by atoms with Crippen molar-refractivity contribution in [2.24, 2.45) is 0 Å². The second-order valence-electron chi connectivity index (χ2n) is 7.50. The van der Waals surface area contributed by atoms with Crippen molar-refractivity contribution in [3.05, 3.63) is 54.5 Å². The van der Waals surface area contributed by atoms with E-state index in [9.17, 15) is 4.79 Å². The number of benzene rings is 1. The molecular formula is C23H27N3O5. The number of fused-ring (bicyclic) bond motifs is 1. The lowest BCUT2D eigenvalue weighted by Gasteiger charge is -2.33. The zero-order valence-electron chi connectivity index (χ0n) is 17.8. The Hall–Kier alpha value is -3.10. The molecule has 1 unspecified atom stereocenters. The Bertz CT molecular complexity index is 1020. The molecule has 0 bridgehead atoms. The number of methoxy groups -OCH3 is 1. The van der Waals surface area contributed by atoms with E-state index in [1.165, 1.54) is 7.11 Å². The normalized spacial score (nSPS) is 16.9. The molecule has 0 N–H and O–H groups in total. The molecule has 0 saturated carbocycles. The minimum absolute atomic E-state index is 0.403. The number of rotatable bonds is 8. The van der Waals surface area contributed by atoms with Gasteiger partial charge in [0, 0.05) is 25.2 Å². The van der Waals surface area contributed by atoms with E-state index >= 15 is 0 Å². The quantitative estimate of drug-likeness (QED) is 0.404. The fourth-order valence-electron chi connectivity index (χ4n) is 3.59. The first kappa shape index (κ1) is 21.1. The first-order valence-electron chi connectivity index (χ1n) is 10.4. The van der Waals surface area contributed by atoms with Crippen molar-refractivity contribution in [1.82, 2.24) is 14.3 Å². The molecule has 1 aliphatic rings. The van der Waals surface area contributed by atoms with Gasteiger partial charge in [0.1, 0.15) is 17.8 Å². The highest BCUT2D eigenvalue weighted by Gasteiger charge is 2.17. The lowest BCUT2D eigenvalue weighted by atomic mass is 10.2. The third-order valence-electron chi connectivity index (χ3n) is 5.32. The van der Waals surface area contributed by atoms with Crippen molar-refractivity contribution in [3.63, 3.8) is 0 Å². The molecule has 1 aliphatic heterocycles. The highest BCUT2D eigenvalue weighted by atomic mass is 16.5. The summed E-state index contributed by atoms with van der Waals surface area (Å²) in [4.78, 5) is 18.5. The Morgan fingerprint density at radius 3 is 2.81 bits per heavy atom. The van der Waals surface area contributed by atoms with Crippen LogP contribution >= 0.6 is 0 Å². The van der Waals surface area contributed by atoms with Crippen LogP contribution in [0.3, 0.4) is 0 Å². The van der Waals surface area contributed by atoms with Crippen LogP contribution < -0.4 is 9.47 Å². The molecule has 8 nitrogen and oxygen atoms in total. The highest BCUT2D eigenvalue weighted by molar-refractivity contribution is 5.91. The summed E-state index contributed by atoms with van der Waals surface area (Å²) in [5.41, 5.74) is 1.15. The van der Waals surface area contributed by atoms with E-state index in [1.807, 2.05) is 24.3 Å². The highest BCUT2D eigenvalue weighted by Crippen LogP contribution is 2.26. The van der Waals surface area contributed by atoms with Crippen LogP contribution in [0.15, 0.2) is 48.9 Å². The Kier molecular flexibility index (Phi) is 6.69. The van der Waals surface area contributed by atoms with Gasteiger partial charge in [-0.05, 0) is 43.7 Å². The Morgan fingerprint density at radius 2 is 2.03 bits per heavy atom. The maximum atomic E-state index is 11.9. The number of imidazole rings is 1. The summed E-state index contributed by atoms with van der Waals surface area (Å²) >= 11 is 0. The summed E-state index contributed by atoms with van der Waals surface area (Å²) in [6, 6.07) is 11.2. The molecule has 1 saturated heterocycles. The van der Waals surface area contributed by atoms with E-state index in [0.717, 1.165) is 44.0 Å². The van der Waals surface area contributed by atoms with Crippen molar-refractivity contribution in [1.29, 1.82) is 0 Å². The zero-order valence-corrected chi connectivity index (χ0v) is 17.8. The van der Waals surface area contributed by atoms with Crippen molar-refractivity contribution in [2.45, 2.75) is 19.4 Å². The number of carbonyl (C=O) groups is 1. The van der Waals surface area contributed by atoms with Crippen LogP contribution in [0.5, 0.6) is 17.4 Å². The fraction of sp³-hybridized carbons (Fsp3) is 0.391. The number of hydrogen-bond acceptors (Lipinski definition) is 7. The molecule has 1 atom stereocenters. The van der Waals surface area contributed by atoms with E-state index in [4.69, 9.17) is 18.9 Å². The average molecular weight is 425 g/mol. The van der Waals surface area contributed by atoms with Gasteiger partial charge >= 0.3 is 5.97 Å². The molecule has 3 heterocycles. The van der Waals surface area contributed by atoms with Crippen molar-refractivity contribution >= 4 is 11.5 Å². The molecule has 31 heavy (non-hydrogen) atoms. The van der Waals surface area contributed by atoms with Crippen molar-refractivity contribution in [2.75, 3.05) is 40.0 Å². The van der Waals surface area contributed by atoms with E-state index in [0.29, 0.717) is 29.8 Å². The van der Waals surface area contributed by atoms with Gasteiger partial charge in [-0.1, -0.05) is 0 Å². The Morgan fingerprint density at radius 1 is 1.23 bits per heavy atom. The topological polar surface area (TPSA) is 74.5 Å². The summed E-state index contributed by atoms with van der Waals surface area (Å²) in [6.45, 7) is 6.44. The van der Waals surface area contributed by atoms with Crippen molar-refractivity contribution < 1.29 is 23.7 Å². The smallest absolute Gasteiger partial charge is 0.338 e. The summed E-state index contributed by atoms with van der Waals surface area (Å²) in [7, 11) is 1.35. The Balaban J connectivity index is 1.34. The number of morpholine rings is 1. The number of aromatic nitrogens is 2. The molecule has 164 valence electrons. The van der Waals surface area contributed by atoms with Gasteiger partial charge in [-0.15, -0.1) is 0 Å². The third-order valence-corrected chi connectivity index (χ3v) is 5.32. The van der Waals surface area contributed by atoms with Crippen LogP contribution in [0.1, 0.15) is 23.7 Å². The SMILES string of the molecule is COC(=O)c1cc(Oc2ccc(OCCCN3CCOCC3C)cc2)n2cncc2c1. The van der Waals surface area contributed by atoms with Crippen LogP contribution in [-0.2, 0) is 9.47 Å². The van der Waals surface area contributed by atoms with Gasteiger partial charge in [-0.2, -0.15) is 0 Å². The van der Waals surface area contributed by atoms with Gasteiger partial charge in [0.2, 0.25) is 5.88 Å². The average Bonchev–Trinajstić information content (AvgIpc) is 3.27. The van der Waals surface area contributed by atoms with Gasteiger partial charge in [-0.3, -0.25) is 9.30 Å². The predicted molar refractivity (Wildman–Crippen MR) is 115 cm³/mol. The molecule has 0 amide bonds. The third kappa shape index (κ3) is 5.15. The van der Waals surface area contributed by atoms with Crippen LogP contribution in [0, 0.1) is 0 Å². The molecule has 2 aromatic heterocycles. The number of esters is 1. The molecule has 1 aromatic carbocycles. The van der Waals surface area contributed by atoms with E-state index in [1.54, 1.807) is 29.1 Å². The second kappa shape index (κ2) is 9.80. The number of carbonyl (C=O) groups excluding carboxylic acids is 1. The van der Waals surface area contributed by atoms with Crippen LogP contribution in [0.2, 0.25) is 0 Å². The van der Waals surface area contributed by atoms with Crippen LogP contribution in [-0.4, -0.2) is 66.3 Å². The largest absolute Gasteiger partial charge is 0.494 e. The zero-order chi connectivity index (χ0) is 21.6. The molecular weight excluding hydrogens is 398 g/mol. The number of pyridine rings is 1. The van der Waals surface area contributed by atoms with E-state index < -0.39 is 5.97 Å². The molecule has 4 rings (SSSR count). The molecule has 0 radical (unpaired) electrons. The fourth-order valence-corrected chi connectivity index (χ4v) is 3.59. The molecule has 0 spiro atoms. The first-order valence-corrected chi connectivity index (χ1v) is 10.4. The van der Waals surface area contributed by atoms with Crippen molar-refractivity contribution in [3.8, 4) is 17.4 Å². The predicted octanol–water partition coefficient (Wildman–Crippen LogP) is 3.40. The number of hydrogen-bond donors (Lipinski definition) is 0. The summed E-state index contributed by atoms with van der Waals surface area (Å²) < 4.78 is 23.9. The Labute approximate surface area is 181 Å². The lowest BCUT2D eigenvalue weighted by Crippen LogP contribution is -2.44. The maximum absolute atomic E-state index is 11.9. The van der Waals surface area contributed by atoms with Gasteiger partial charge in [-0.25, -0.2) is 9.78 Å². The van der Waals surface area contributed by atoms with E-state index in [-0.39, 0.29) is 0 Å². The lowest BCUT2D eigenvalue weighted by molar-refractivity contribution is -0.00200. The van der Waals surface area contributed by atoms with Crippen LogP contribution in [0.25, 0.3) is 5.52 Å². The van der Waals surface area contributed by atoms with Gasteiger partial charge in [0.25, 0.3) is 0 Å². The summed E-state index contributed by atoms with van der Waals surface area (Å²) in [5.74, 6) is 1.47. The van der Waals surface area contributed by atoms with Gasteiger partial charge in [0.05, 0.1) is 44.2 Å². The number of nitrogens with zero attached hydrogens (tertiary/aromatic N) is 3. The minimum Gasteiger partial charge on any atom is -0.494 e. The monoisotopic (exact) mass is 425 g/mol. The van der Waals surface area contributed by atoms with Gasteiger partial charge in [0.15, 0.2) is 0 Å². The maximum Gasteiger partial charge on any atom is 0.338 e. The molecule has 1 fully saturated rings. The van der Waals surface area contributed by atoms with Gasteiger partial charge < -0.3 is 18.9 Å². The second-order valence-corrected chi connectivity index (χ2v) is 7.50. The molecule has 0 aliphatic carbocycles. The first-order chi connectivity index (χ1) is 15.1. The minimum atomic E-state index is -0.427. The van der Waals surface area contributed by atoms with E-state index in [2.05, 4.69) is 16.8 Å². The van der Waals surface area contributed by atoms with Crippen LogP contribution in [0.4, 0.5) is 0 Å². The molecule has 8 heteroatoms.